The minimum Gasteiger partial charge on any atom is -0.351 e. The molecule has 0 saturated carbocycles. The summed E-state index contributed by atoms with van der Waals surface area (Å²) >= 11 is 0. The molecule has 0 radical (unpaired) electrons. The zero-order valence-electron chi connectivity index (χ0n) is 14.9. The molecular formula is C20H24Cl2N4O. The Bertz CT molecular complexity index is 890. The predicted octanol–water partition coefficient (Wildman–Crippen LogP) is 3.30. The molecule has 2 aromatic carbocycles. The second-order valence-electron chi connectivity index (χ2n) is 6.55. The second kappa shape index (κ2) is 9.74. The van der Waals surface area contributed by atoms with Gasteiger partial charge in [0.05, 0.1) is 23.4 Å². The van der Waals surface area contributed by atoms with Crippen LogP contribution in [0.25, 0.3) is 11.0 Å². The first kappa shape index (κ1) is 21.2. The van der Waals surface area contributed by atoms with Gasteiger partial charge in [-0.3, -0.25) is 4.79 Å². The highest BCUT2D eigenvalue weighted by atomic mass is 35.5. The summed E-state index contributed by atoms with van der Waals surface area (Å²) in [7, 11) is 0. The van der Waals surface area contributed by atoms with Crippen molar-refractivity contribution in [3.8, 4) is 0 Å². The van der Waals surface area contributed by atoms with Crippen LogP contribution >= 0.6 is 24.8 Å². The molecule has 7 heteroatoms. The summed E-state index contributed by atoms with van der Waals surface area (Å²) in [6.07, 6.45) is 3.89. The van der Waals surface area contributed by atoms with E-state index in [0.717, 1.165) is 42.5 Å². The number of hydrogen-bond donors (Lipinski definition) is 2. The van der Waals surface area contributed by atoms with E-state index in [1.807, 2.05) is 30.6 Å². The molecule has 0 aliphatic carbocycles. The molecule has 1 aromatic heterocycles. The van der Waals surface area contributed by atoms with Gasteiger partial charge in [-0.25, -0.2) is 4.98 Å². The van der Waals surface area contributed by atoms with Crippen molar-refractivity contribution in [2.45, 2.75) is 32.0 Å². The molecule has 1 aliphatic heterocycles. The van der Waals surface area contributed by atoms with Crippen LogP contribution in [0.1, 0.15) is 24.0 Å². The maximum atomic E-state index is 12.1. The normalized spacial score (nSPS) is 15.8. The maximum absolute atomic E-state index is 12.1. The van der Waals surface area contributed by atoms with Crippen molar-refractivity contribution in [3.05, 3.63) is 66.0 Å². The van der Waals surface area contributed by atoms with Crippen molar-refractivity contribution in [3.63, 3.8) is 0 Å². The van der Waals surface area contributed by atoms with Gasteiger partial charge in [0.2, 0.25) is 5.91 Å². The number of rotatable bonds is 5. The highest BCUT2D eigenvalue weighted by Crippen LogP contribution is 2.15. The SMILES string of the molecule is Cl.Cl.O=C(NCc1cccc(Cn2cnc3ccccc32)c1)C1CCCN1. The first-order chi connectivity index (χ1) is 12.3. The molecule has 3 aromatic rings. The number of fused-ring (bicyclic) bond motifs is 1. The van der Waals surface area contributed by atoms with Crippen LogP contribution in [-0.4, -0.2) is 28.0 Å². The van der Waals surface area contributed by atoms with Crippen LogP contribution in [0.15, 0.2) is 54.9 Å². The number of imidazole rings is 1. The lowest BCUT2D eigenvalue weighted by molar-refractivity contribution is -0.122. The number of carbonyl (C=O) groups excluding carboxylic acids is 1. The number of para-hydroxylation sites is 2. The third kappa shape index (κ3) is 5.01. The van der Waals surface area contributed by atoms with Crippen LogP contribution in [0.2, 0.25) is 0 Å². The van der Waals surface area contributed by atoms with Crippen LogP contribution in [-0.2, 0) is 17.9 Å². The average molecular weight is 407 g/mol. The van der Waals surface area contributed by atoms with E-state index >= 15 is 0 Å². The molecule has 27 heavy (non-hydrogen) atoms. The lowest BCUT2D eigenvalue weighted by atomic mass is 10.1. The fraction of sp³-hybridized carbons (Fsp3) is 0.300. The van der Waals surface area contributed by atoms with Gasteiger partial charge >= 0.3 is 0 Å². The van der Waals surface area contributed by atoms with E-state index in [9.17, 15) is 4.79 Å². The maximum Gasteiger partial charge on any atom is 0.237 e. The molecular weight excluding hydrogens is 383 g/mol. The first-order valence-corrected chi connectivity index (χ1v) is 8.78. The van der Waals surface area contributed by atoms with Gasteiger partial charge in [-0.05, 0) is 42.6 Å². The molecule has 1 aliphatic rings. The summed E-state index contributed by atoms with van der Waals surface area (Å²) in [5, 5.41) is 6.26. The van der Waals surface area contributed by atoms with Gasteiger partial charge in [-0.1, -0.05) is 36.4 Å². The first-order valence-electron chi connectivity index (χ1n) is 8.78. The summed E-state index contributed by atoms with van der Waals surface area (Å²) in [6.45, 7) is 2.27. The van der Waals surface area contributed by atoms with E-state index in [1.54, 1.807) is 0 Å². The van der Waals surface area contributed by atoms with Gasteiger partial charge in [0, 0.05) is 13.1 Å². The summed E-state index contributed by atoms with van der Waals surface area (Å²) in [4.78, 5) is 16.6. The largest absolute Gasteiger partial charge is 0.351 e. The Balaban J connectivity index is 0.00000131. The summed E-state index contributed by atoms with van der Waals surface area (Å²) in [5.41, 5.74) is 4.46. The van der Waals surface area contributed by atoms with Gasteiger partial charge in [-0.15, -0.1) is 24.8 Å². The summed E-state index contributed by atoms with van der Waals surface area (Å²) < 4.78 is 2.15. The molecule has 2 N–H and O–H groups in total. The molecule has 0 spiro atoms. The summed E-state index contributed by atoms with van der Waals surface area (Å²) in [6, 6.07) is 16.5. The Kier molecular flexibility index (Phi) is 7.66. The van der Waals surface area contributed by atoms with Crippen LogP contribution in [0.3, 0.4) is 0 Å². The third-order valence-corrected chi connectivity index (χ3v) is 4.72. The number of hydrogen-bond acceptors (Lipinski definition) is 3. The van der Waals surface area contributed by atoms with E-state index in [1.165, 1.54) is 5.56 Å². The molecule has 0 bridgehead atoms. The summed E-state index contributed by atoms with van der Waals surface area (Å²) in [5.74, 6) is 0.100. The Morgan fingerprint density at radius 2 is 1.96 bits per heavy atom. The molecule has 1 saturated heterocycles. The van der Waals surface area contributed by atoms with Crippen LogP contribution < -0.4 is 10.6 Å². The highest BCUT2D eigenvalue weighted by molar-refractivity contribution is 5.85. The Labute approximate surface area is 171 Å². The smallest absolute Gasteiger partial charge is 0.237 e. The van der Waals surface area contributed by atoms with Crippen LogP contribution in [0, 0.1) is 0 Å². The number of nitrogens with one attached hydrogen (secondary N) is 2. The quantitative estimate of drug-likeness (QED) is 0.683. The van der Waals surface area contributed by atoms with E-state index < -0.39 is 0 Å². The van der Waals surface area contributed by atoms with Gasteiger partial charge in [0.25, 0.3) is 0 Å². The Morgan fingerprint density at radius 3 is 2.78 bits per heavy atom. The Hall–Kier alpha value is -2.08. The van der Waals surface area contributed by atoms with Gasteiger partial charge in [0.15, 0.2) is 0 Å². The number of amides is 1. The molecule has 4 rings (SSSR count). The number of halogens is 2. The second-order valence-corrected chi connectivity index (χ2v) is 6.55. The van der Waals surface area contributed by atoms with Gasteiger partial charge in [0.1, 0.15) is 0 Å². The monoisotopic (exact) mass is 406 g/mol. The van der Waals surface area contributed by atoms with Gasteiger partial charge < -0.3 is 15.2 Å². The molecule has 5 nitrogen and oxygen atoms in total. The molecule has 1 fully saturated rings. The zero-order valence-corrected chi connectivity index (χ0v) is 16.6. The number of benzene rings is 2. The minimum atomic E-state index is -0.0273. The van der Waals surface area contributed by atoms with Crippen molar-refractivity contribution in [2.24, 2.45) is 0 Å². The molecule has 1 unspecified atom stereocenters. The fourth-order valence-electron chi connectivity index (χ4n) is 3.39. The fourth-order valence-corrected chi connectivity index (χ4v) is 3.39. The van der Waals surface area contributed by atoms with Crippen molar-refractivity contribution in [1.29, 1.82) is 0 Å². The van der Waals surface area contributed by atoms with E-state index in [4.69, 9.17) is 0 Å². The standard InChI is InChI=1S/C20H22N4O.2ClH/c25-20(18-8-4-10-21-18)22-12-15-5-3-6-16(11-15)13-24-14-23-17-7-1-2-9-19(17)24;;/h1-3,5-7,9,11,14,18,21H,4,8,10,12-13H2,(H,22,25);2*1H. The average Bonchev–Trinajstić information content (AvgIpc) is 3.31. The third-order valence-electron chi connectivity index (χ3n) is 4.72. The molecule has 1 amide bonds. The number of aromatic nitrogens is 2. The lowest BCUT2D eigenvalue weighted by Crippen LogP contribution is -2.40. The number of carbonyl (C=O) groups is 1. The van der Waals surface area contributed by atoms with Crippen molar-refractivity contribution < 1.29 is 4.79 Å². The van der Waals surface area contributed by atoms with E-state index in [-0.39, 0.29) is 36.8 Å². The van der Waals surface area contributed by atoms with E-state index in [0.29, 0.717) is 6.54 Å². The number of nitrogens with zero attached hydrogens (tertiary/aromatic N) is 2. The van der Waals surface area contributed by atoms with Gasteiger partial charge in [-0.2, -0.15) is 0 Å². The van der Waals surface area contributed by atoms with Crippen molar-refractivity contribution in [2.75, 3.05) is 6.54 Å². The van der Waals surface area contributed by atoms with Crippen molar-refractivity contribution >= 4 is 41.8 Å². The van der Waals surface area contributed by atoms with Crippen molar-refractivity contribution in [1.82, 2.24) is 20.2 Å². The van der Waals surface area contributed by atoms with Crippen LogP contribution in [0.5, 0.6) is 0 Å². The van der Waals surface area contributed by atoms with Crippen LogP contribution in [0.4, 0.5) is 0 Å². The highest BCUT2D eigenvalue weighted by Gasteiger charge is 2.21. The van der Waals surface area contributed by atoms with E-state index in [2.05, 4.69) is 44.5 Å². The zero-order chi connectivity index (χ0) is 17.1. The minimum absolute atomic E-state index is 0. The molecule has 144 valence electrons. The molecule has 2 heterocycles. The lowest BCUT2D eigenvalue weighted by Gasteiger charge is -2.12. The Morgan fingerprint density at radius 1 is 1.15 bits per heavy atom. The predicted molar refractivity (Wildman–Crippen MR) is 113 cm³/mol. The topological polar surface area (TPSA) is 59.0 Å². The molecule has 1 atom stereocenters.